The summed E-state index contributed by atoms with van der Waals surface area (Å²) in [5.41, 5.74) is 9.27. The second kappa shape index (κ2) is 8.90. The zero-order valence-electron chi connectivity index (χ0n) is 23.3. The van der Waals surface area contributed by atoms with Crippen molar-refractivity contribution in [2.45, 2.75) is 64.6 Å². The lowest BCUT2D eigenvalue weighted by Gasteiger charge is -2.37. The van der Waals surface area contributed by atoms with Crippen LogP contribution >= 0.6 is 0 Å². The molecule has 2 aliphatic heterocycles. The highest BCUT2D eigenvalue weighted by Crippen LogP contribution is 2.41. The van der Waals surface area contributed by atoms with Crippen LogP contribution in [0.2, 0.25) is 0 Å². The third-order valence-electron chi connectivity index (χ3n) is 8.70. The normalized spacial score (nSPS) is 23.1. The van der Waals surface area contributed by atoms with E-state index in [1.807, 2.05) is 18.2 Å². The Bertz CT molecular complexity index is 1590. The summed E-state index contributed by atoms with van der Waals surface area (Å²) >= 11 is 0. The van der Waals surface area contributed by atoms with Gasteiger partial charge in [-0.2, -0.15) is 5.10 Å². The molecular weight excluding hydrogens is 508 g/mol. The molecule has 5 amide bonds. The van der Waals surface area contributed by atoms with E-state index in [0.717, 1.165) is 33.2 Å². The molecule has 10 nitrogen and oxygen atoms in total. The molecule has 2 aromatic carbocycles. The van der Waals surface area contributed by atoms with Gasteiger partial charge in [0, 0.05) is 43.9 Å². The van der Waals surface area contributed by atoms with Crippen molar-refractivity contribution < 1.29 is 19.2 Å². The minimum absolute atomic E-state index is 0.192. The zero-order chi connectivity index (χ0) is 28.6. The van der Waals surface area contributed by atoms with Crippen LogP contribution in [0.15, 0.2) is 36.5 Å². The van der Waals surface area contributed by atoms with E-state index < -0.39 is 23.5 Å². The van der Waals surface area contributed by atoms with Crippen molar-refractivity contribution >= 4 is 34.7 Å². The van der Waals surface area contributed by atoms with Gasteiger partial charge >= 0.3 is 6.03 Å². The molecule has 0 saturated carbocycles. The van der Waals surface area contributed by atoms with Gasteiger partial charge in [0.05, 0.1) is 11.7 Å². The second-order valence-corrected chi connectivity index (χ2v) is 12.6. The Morgan fingerprint density at radius 3 is 2.60 bits per heavy atom. The van der Waals surface area contributed by atoms with Gasteiger partial charge in [-0.25, -0.2) is 9.69 Å². The van der Waals surface area contributed by atoms with Crippen LogP contribution in [0.5, 0.6) is 0 Å². The number of H-pyrrole nitrogens is 1. The minimum Gasteiger partial charge on any atom is -0.366 e. The number of carbonyl (C=O) groups excluding carboxylic acids is 4. The Hall–Kier alpha value is -4.21. The van der Waals surface area contributed by atoms with E-state index in [1.54, 1.807) is 30.3 Å². The van der Waals surface area contributed by atoms with Gasteiger partial charge in [-0.15, -0.1) is 0 Å². The van der Waals surface area contributed by atoms with Crippen molar-refractivity contribution in [2.75, 3.05) is 13.6 Å². The van der Waals surface area contributed by atoms with Crippen molar-refractivity contribution in [3.63, 3.8) is 0 Å². The second-order valence-electron chi connectivity index (χ2n) is 12.6. The number of nitrogens with two attached hydrogens (primary N) is 1. The van der Waals surface area contributed by atoms with Gasteiger partial charge in [0.2, 0.25) is 11.8 Å². The number of imide groups is 1. The van der Waals surface area contributed by atoms with Crippen LogP contribution in [0.4, 0.5) is 4.79 Å². The molecular formula is C30H34N6O4. The number of hydrogen-bond donors (Lipinski definition) is 2. The summed E-state index contributed by atoms with van der Waals surface area (Å²) in [6, 6.07) is 7.74. The van der Waals surface area contributed by atoms with Gasteiger partial charge in [-0.05, 0) is 58.7 Å². The van der Waals surface area contributed by atoms with Crippen LogP contribution < -0.4 is 5.73 Å². The summed E-state index contributed by atoms with van der Waals surface area (Å²) in [5, 5.41) is 8.14. The average Bonchev–Trinajstić information content (AvgIpc) is 3.41. The van der Waals surface area contributed by atoms with Crippen LogP contribution in [0.25, 0.3) is 10.9 Å². The number of amides is 5. The molecule has 3 heterocycles. The molecule has 40 heavy (non-hydrogen) atoms. The van der Waals surface area contributed by atoms with E-state index >= 15 is 0 Å². The fourth-order valence-electron chi connectivity index (χ4n) is 6.65. The summed E-state index contributed by atoms with van der Waals surface area (Å²) in [5.74, 6) is -1.07. The number of nitrogens with one attached hydrogen (secondary N) is 1. The third-order valence-corrected chi connectivity index (χ3v) is 8.70. The Labute approximate surface area is 232 Å². The molecule has 6 rings (SSSR count). The summed E-state index contributed by atoms with van der Waals surface area (Å²) in [4.78, 5) is 58.6. The zero-order valence-corrected chi connectivity index (χ0v) is 23.3. The summed E-state index contributed by atoms with van der Waals surface area (Å²) < 4.78 is 0. The first kappa shape index (κ1) is 26.0. The van der Waals surface area contributed by atoms with Crippen LogP contribution in [-0.2, 0) is 35.4 Å². The molecule has 3 aromatic rings. The first-order valence-corrected chi connectivity index (χ1v) is 13.7. The van der Waals surface area contributed by atoms with Gasteiger partial charge in [0.15, 0.2) is 0 Å². The van der Waals surface area contributed by atoms with Crippen molar-refractivity contribution in [1.29, 1.82) is 0 Å². The number of aryl methyl sites for hydroxylation is 1. The molecule has 10 heteroatoms. The highest BCUT2D eigenvalue weighted by atomic mass is 16.2. The fourth-order valence-corrected chi connectivity index (χ4v) is 6.65. The molecule has 1 aliphatic carbocycles. The number of fused-ring (bicyclic) bond motifs is 4. The van der Waals surface area contributed by atoms with Crippen LogP contribution in [-0.4, -0.2) is 73.8 Å². The SMILES string of the molecule is CN1C(=O)N([C@@H]2Cc3ccc4[nH]ncc4c3CN(CC(C)(C)C)C2=O)C(=O)C12CCc1cc(C(N)=O)ccc1C2. The predicted molar refractivity (Wildman–Crippen MR) is 148 cm³/mol. The van der Waals surface area contributed by atoms with Gasteiger partial charge in [0.25, 0.3) is 5.91 Å². The Morgan fingerprint density at radius 1 is 1.12 bits per heavy atom. The summed E-state index contributed by atoms with van der Waals surface area (Å²) in [6.07, 6.45) is 3.25. The molecule has 208 valence electrons. The minimum atomic E-state index is -1.09. The number of aromatic nitrogens is 2. The highest BCUT2D eigenvalue weighted by Gasteiger charge is 2.59. The van der Waals surface area contributed by atoms with Crippen molar-refractivity contribution in [1.82, 2.24) is 24.9 Å². The van der Waals surface area contributed by atoms with Gasteiger partial charge in [-0.1, -0.05) is 32.9 Å². The highest BCUT2D eigenvalue weighted by molar-refractivity contribution is 6.10. The van der Waals surface area contributed by atoms with Gasteiger partial charge in [0.1, 0.15) is 11.6 Å². The van der Waals surface area contributed by atoms with Crippen LogP contribution in [0, 0.1) is 5.41 Å². The third kappa shape index (κ3) is 3.96. The largest absolute Gasteiger partial charge is 0.366 e. The van der Waals surface area contributed by atoms with E-state index in [4.69, 9.17) is 5.73 Å². The van der Waals surface area contributed by atoms with E-state index in [2.05, 4.69) is 31.0 Å². The Balaban J connectivity index is 1.40. The molecule has 1 spiro atoms. The number of primary amides is 1. The van der Waals surface area contributed by atoms with Crippen LogP contribution in [0.1, 0.15) is 59.8 Å². The lowest BCUT2D eigenvalue weighted by Crippen LogP contribution is -2.55. The van der Waals surface area contributed by atoms with E-state index in [-0.39, 0.29) is 23.7 Å². The smallest absolute Gasteiger partial charge is 0.328 e. The molecule has 0 bridgehead atoms. The Morgan fingerprint density at radius 2 is 1.88 bits per heavy atom. The molecule has 1 saturated heterocycles. The molecule has 1 unspecified atom stereocenters. The number of hydrogen-bond acceptors (Lipinski definition) is 5. The topological polar surface area (TPSA) is 133 Å². The lowest BCUT2D eigenvalue weighted by molar-refractivity contribution is -0.145. The predicted octanol–water partition coefficient (Wildman–Crippen LogP) is 2.78. The van der Waals surface area contributed by atoms with Gasteiger partial charge in [-0.3, -0.25) is 19.5 Å². The molecule has 3 N–H and O–H groups in total. The lowest BCUT2D eigenvalue weighted by atomic mass is 9.76. The first-order chi connectivity index (χ1) is 18.9. The molecule has 0 radical (unpaired) electrons. The summed E-state index contributed by atoms with van der Waals surface area (Å²) in [6.45, 7) is 7.06. The van der Waals surface area contributed by atoms with E-state index in [1.165, 1.54) is 9.80 Å². The first-order valence-electron chi connectivity index (χ1n) is 13.7. The molecule has 1 fully saturated rings. The fraction of sp³-hybridized carbons (Fsp3) is 0.433. The summed E-state index contributed by atoms with van der Waals surface area (Å²) in [7, 11) is 1.65. The van der Waals surface area contributed by atoms with Crippen LogP contribution in [0.3, 0.4) is 0 Å². The maximum atomic E-state index is 14.3. The van der Waals surface area contributed by atoms with Crippen molar-refractivity contribution in [2.24, 2.45) is 11.1 Å². The van der Waals surface area contributed by atoms with E-state index in [0.29, 0.717) is 37.9 Å². The maximum Gasteiger partial charge on any atom is 0.328 e. The number of urea groups is 1. The number of carbonyl (C=O) groups is 4. The number of benzene rings is 2. The number of likely N-dealkylation sites (N-methyl/N-ethyl adjacent to an activating group) is 1. The number of aromatic amines is 1. The van der Waals surface area contributed by atoms with Crippen molar-refractivity contribution in [3.05, 3.63) is 64.3 Å². The number of nitrogens with zero attached hydrogens (tertiary/aromatic N) is 4. The molecule has 1 aromatic heterocycles. The maximum absolute atomic E-state index is 14.3. The number of rotatable bonds is 3. The quantitative estimate of drug-likeness (QED) is 0.491. The van der Waals surface area contributed by atoms with E-state index in [9.17, 15) is 19.2 Å². The Kier molecular flexibility index (Phi) is 5.80. The molecule has 3 aliphatic rings. The monoisotopic (exact) mass is 542 g/mol. The van der Waals surface area contributed by atoms with Gasteiger partial charge < -0.3 is 15.5 Å². The molecule has 2 atom stereocenters. The standard InChI is InChI=1S/C30H34N6O4/c1-29(2,3)16-35-15-22-18(7-8-23-21(22)14-32-33-23)12-24(26(35)38)36-27(39)30(34(4)28(36)40)10-9-17-11-19(25(31)37)5-6-20(17)13-30/h5-8,11,14,24H,9-10,12-13,15-16H2,1-4H3,(H2,31,37)(H,32,33)/t24-,30?/m1/s1. The average molecular weight is 543 g/mol. The van der Waals surface area contributed by atoms with Crippen molar-refractivity contribution in [3.8, 4) is 0 Å².